The van der Waals surface area contributed by atoms with Crippen molar-refractivity contribution in [1.82, 2.24) is 0 Å². The molecule has 0 aliphatic carbocycles. The first-order valence-electron chi connectivity index (χ1n) is 11.9. The van der Waals surface area contributed by atoms with E-state index in [1.807, 2.05) is 12.1 Å². The van der Waals surface area contributed by atoms with E-state index in [4.69, 9.17) is 14.3 Å². The van der Waals surface area contributed by atoms with Gasteiger partial charge in [-0.15, -0.1) is 0 Å². The van der Waals surface area contributed by atoms with Gasteiger partial charge in [0.1, 0.15) is 11.5 Å². The number of carboxylic acid groups (broad SMARTS) is 1. The van der Waals surface area contributed by atoms with Gasteiger partial charge in [0.25, 0.3) is 5.79 Å². The van der Waals surface area contributed by atoms with E-state index in [0.29, 0.717) is 31.9 Å². The SMILES string of the molecule is CC(C)N(C)c1ccc(-c2ccco2)cc1.O=CC(O)(O)c1ccccc1OCCCCCC(=O)O. The van der Waals surface area contributed by atoms with Crippen molar-refractivity contribution in [2.45, 2.75) is 51.4 Å². The van der Waals surface area contributed by atoms with Crippen molar-refractivity contribution in [1.29, 1.82) is 0 Å². The number of carboxylic acids is 1. The van der Waals surface area contributed by atoms with Crippen molar-refractivity contribution >= 4 is 17.9 Å². The molecule has 36 heavy (non-hydrogen) atoms. The molecule has 3 aromatic rings. The van der Waals surface area contributed by atoms with E-state index in [0.717, 1.165) is 11.3 Å². The molecule has 1 aromatic heterocycles. The molecule has 0 saturated heterocycles. The fourth-order valence-electron chi connectivity index (χ4n) is 3.30. The normalized spacial score (nSPS) is 10.9. The number of aldehydes is 1. The van der Waals surface area contributed by atoms with Gasteiger partial charge in [0.05, 0.1) is 18.4 Å². The van der Waals surface area contributed by atoms with Crippen LogP contribution in [0.5, 0.6) is 5.75 Å². The summed E-state index contributed by atoms with van der Waals surface area (Å²) in [5, 5.41) is 27.5. The highest BCUT2D eigenvalue weighted by atomic mass is 16.5. The zero-order valence-electron chi connectivity index (χ0n) is 21.0. The predicted octanol–water partition coefficient (Wildman–Crippen LogP) is 4.84. The summed E-state index contributed by atoms with van der Waals surface area (Å²) in [5.41, 5.74) is 2.33. The summed E-state index contributed by atoms with van der Waals surface area (Å²) in [7, 11) is 2.10. The monoisotopic (exact) mass is 497 g/mol. The third-order valence-electron chi connectivity index (χ3n) is 5.60. The number of anilines is 1. The molecule has 3 N–H and O–H groups in total. The summed E-state index contributed by atoms with van der Waals surface area (Å²) in [6.45, 7) is 4.67. The zero-order valence-corrected chi connectivity index (χ0v) is 21.0. The van der Waals surface area contributed by atoms with Gasteiger partial charge < -0.3 is 29.4 Å². The van der Waals surface area contributed by atoms with Crippen molar-refractivity contribution in [3.05, 3.63) is 72.5 Å². The van der Waals surface area contributed by atoms with Crippen LogP contribution in [0.3, 0.4) is 0 Å². The highest BCUT2D eigenvalue weighted by Gasteiger charge is 2.28. The minimum absolute atomic E-state index is 0.0134. The van der Waals surface area contributed by atoms with Gasteiger partial charge in [-0.25, -0.2) is 0 Å². The zero-order chi connectivity index (χ0) is 26.6. The lowest BCUT2D eigenvalue weighted by Crippen LogP contribution is -2.27. The maximum Gasteiger partial charge on any atom is 0.303 e. The molecule has 194 valence electrons. The lowest BCUT2D eigenvalue weighted by molar-refractivity contribution is -0.173. The van der Waals surface area contributed by atoms with Crippen LogP contribution >= 0.6 is 0 Å². The third kappa shape index (κ3) is 8.87. The van der Waals surface area contributed by atoms with Crippen LogP contribution in [0.15, 0.2) is 71.3 Å². The first-order valence-corrected chi connectivity index (χ1v) is 11.9. The van der Waals surface area contributed by atoms with Crippen LogP contribution < -0.4 is 9.64 Å². The largest absolute Gasteiger partial charge is 0.493 e. The van der Waals surface area contributed by atoms with Crippen molar-refractivity contribution in [3.63, 3.8) is 0 Å². The van der Waals surface area contributed by atoms with Gasteiger partial charge in [-0.1, -0.05) is 12.1 Å². The van der Waals surface area contributed by atoms with E-state index >= 15 is 0 Å². The van der Waals surface area contributed by atoms with E-state index in [-0.39, 0.29) is 24.0 Å². The molecule has 0 spiro atoms. The Hall–Kier alpha value is -3.62. The maximum absolute atomic E-state index is 10.6. The van der Waals surface area contributed by atoms with Crippen LogP contribution in [0.4, 0.5) is 5.69 Å². The lowest BCUT2D eigenvalue weighted by Gasteiger charge is -2.23. The van der Waals surface area contributed by atoms with Crippen LogP contribution in [-0.2, 0) is 15.4 Å². The number of aliphatic hydroxyl groups is 2. The van der Waals surface area contributed by atoms with E-state index in [2.05, 4.69) is 50.1 Å². The summed E-state index contributed by atoms with van der Waals surface area (Å²) in [5.74, 6) is -2.26. The number of aliphatic carboxylic acids is 1. The van der Waals surface area contributed by atoms with Crippen LogP contribution in [0, 0.1) is 0 Å². The number of benzene rings is 2. The Morgan fingerprint density at radius 2 is 1.72 bits per heavy atom. The molecule has 3 rings (SSSR count). The minimum atomic E-state index is -2.57. The number of para-hydroxylation sites is 1. The number of unbranched alkanes of at least 4 members (excludes halogenated alkanes) is 2. The molecule has 0 radical (unpaired) electrons. The molecule has 0 atom stereocenters. The Kier molecular flexibility index (Phi) is 11.2. The van der Waals surface area contributed by atoms with Crippen LogP contribution in [-0.4, -0.2) is 47.3 Å². The molecule has 8 heteroatoms. The molecule has 0 bridgehead atoms. The Morgan fingerprint density at radius 1 is 1.03 bits per heavy atom. The number of hydrogen-bond acceptors (Lipinski definition) is 7. The van der Waals surface area contributed by atoms with E-state index in [1.54, 1.807) is 18.4 Å². The Labute approximate surface area is 211 Å². The van der Waals surface area contributed by atoms with Crippen LogP contribution in [0.25, 0.3) is 11.3 Å². The molecule has 0 amide bonds. The van der Waals surface area contributed by atoms with Crippen molar-refractivity contribution < 1.29 is 34.1 Å². The summed E-state index contributed by atoms with van der Waals surface area (Å²) in [6.07, 6.45) is 3.76. The number of hydrogen-bond donors (Lipinski definition) is 3. The standard InChI is InChI=1S/C14H17NO.C14H18O6/c1-11(2)15(3)13-8-6-12(7-9-13)14-5-4-10-16-14;15-10-14(18,19)11-6-3-4-7-12(11)20-9-5-1-2-8-13(16)17/h4-11H,1-3H3;3-4,6-7,10,18-19H,1-2,5,8-9H2,(H,16,17). The van der Waals surface area contributed by atoms with Crippen LogP contribution in [0.1, 0.15) is 45.1 Å². The molecular formula is C28H35NO7. The molecule has 2 aromatic carbocycles. The maximum atomic E-state index is 10.6. The fourth-order valence-corrected chi connectivity index (χ4v) is 3.30. The number of nitrogens with zero attached hydrogens (tertiary/aromatic N) is 1. The first kappa shape index (κ1) is 28.6. The Morgan fingerprint density at radius 3 is 2.31 bits per heavy atom. The van der Waals surface area contributed by atoms with Crippen LogP contribution in [0.2, 0.25) is 0 Å². The molecule has 8 nitrogen and oxygen atoms in total. The van der Waals surface area contributed by atoms with Gasteiger partial charge in [-0.3, -0.25) is 9.59 Å². The molecule has 0 aliphatic rings. The second-order valence-electron chi connectivity index (χ2n) is 8.62. The predicted molar refractivity (Wildman–Crippen MR) is 138 cm³/mol. The lowest BCUT2D eigenvalue weighted by atomic mass is 10.1. The minimum Gasteiger partial charge on any atom is -0.493 e. The van der Waals surface area contributed by atoms with Gasteiger partial charge in [0.15, 0.2) is 6.29 Å². The summed E-state index contributed by atoms with van der Waals surface area (Å²) in [4.78, 5) is 23.2. The van der Waals surface area contributed by atoms with Crippen molar-refractivity contribution in [2.24, 2.45) is 0 Å². The van der Waals surface area contributed by atoms with Gasteiger partial charge in [-0.2, -0.15) is 0 Å². The highest BCUT2D eigenvalue weighted by molar-refractivity contribution is 5.66. The number of carbonyl (C=O) groups is 2. The second-order valence-corrected chi connectivity index (χ2v) is 8.62. The van der Waals surface area contributed by atoms with Gasteiger partial charge in [-0.05, 0) is 81.6 Å². The highest BCUT2D eigenvalue weighted by Crippen LogP contribution is 2.27. The first-order chi connectivity index (χ1) is 17.2. The number of rotatable bonds is 12. The summed E-state index contributed by atoms with van der Waals surface area (Å²) >= 11 is 0. The number of carbonyl (C=O) groups excluding carboxylic acids is 1. The van der Waals surface area contributed by atoms with Gasteiger partial charge in [0.2, 0.25) is 0 Å². The summed E-state index contributed by atoms with van der Waals surface area (Å²) in [6, 6.07) is 19.0. The Bertz CT molecular complexity index is 1060. The molecule has 0 unspecified atom stereocenters. The van der Waals surface area contributed by atoms with Crippen molar-refractivity contribution in [3.8, 4) is 17.1 Å². The Balaban J connectivity index is 0.000000259. The second kappa shape index (κ2) is 14.1. The molecular weight excluding hydrogens is 462 g/mol. The molecule has 0 saturated carbocycles. The molecule has 0 fully saturated rings. The third-order valence-corrected chi connectivity index (χ3v) is 5.60. The van der Waals surface area contributed by atoms with Crippen molar-refractivity contribution in [2.75, 3.05) is 18.6 Å². The summed E-state index contributed by atoms with van der Waals surface area (Å²) < 4.78 is 10.8. The average molecular weight is 498 g/mol. The van der Waals surface area contributed by atoms with Gasteiger partial charge >= 0.3 is 5.97 Å². The average Bonchev–Trinajstić information content (AvgIpc) is 3.41. The fraction of sp³-hybridized carbons (Fsp3) is 0.357. The topological polar surface area (TPSA) is 120 Å². The molecule has 0 aliphatic heterocycles. The number of furan rings is 1. The molecule has 1 heterocycles. The number of ether oxygens (including phenoxy) is 1. The quantitative estimate of drug-likeness (QED) is 0.185. The van der Waals surface area contributed by atoms with E-state index < -0.39 is 11.8 Å². The van der Waals surface area contributed by atoms with E-state index in [1.165, 1.54) is 17.8 Å². The van der Waals surface area contributed by atoms with E-state index in [9.17, 15) is 19.8 Å². The van der Waals surface area contributed by atoms with Gasteiger partial charge in [0, 0.05) is 30.8 Å². The smallest absolute Gasteiger partial charge is 0.303 e.